The van der Waals surface area contributed by atoms with Crippen LogP contribution in [-0.4, -0.2) is 76.2 Å². The minimum Gasteiger partial charge on any atom is -0.388 e. The van der Waals surface area contributed by atoms with Crippen molar-refractivity contribution in [3.63, 3.8) is 0 Å². The van der Waals surface area contributed by atoms with Crippen molar-refractivity contribution in [3.8, 4) is 0 Å². The lowest BCUT2D eigenvalue weighted by molar-refractivity contribution is -0.137. The zero-order valence-corrected chi connectivity index (χ0v) is 29.9. The lowest BCUT2D eigenvalue weighted by Crippen LogP contribution is -2.41. The number of amides is 1. The van der Waals surface area contributed by atoms with Gasteiger partial charge in [-0.2, -0.15) is 13.2 Å². The molecule has 0 spiro atoms. The van der Waals surface area contributed by atoms with E-state index in [0.717, 1.165) is 24.3 Å². The number of hydrogen-bond acceptors (Lipinski definition) is 7. The summed E-state index contributed by atoms with van der Waals surface area (Å²) < 4.78 is 92.0. The van der Waals surface area contributed by atoms with Gasteiger partial charge < -0.3 is 19.6 Å². The van der Waals surface area contributed by atoms with Gasteiger partial charge in [-0.05, 0) is 73.1 Å². The highest BCUT2D eigenvalue weighted by Crippen LogP contribution is 2.52. The van der Waals surface area contributed by atoms with Crippen LogP contribution in [0.4, 0.5) is 32.3 Å². The highest BCUT2D eigenvalue weighted by Gasteiger charge is 2.44. The average Bonchev–Trinajstić information content (AvgIpc) is 3.13. The van der Waals surface area contributed by atoms with E-state index in [2.05, 4.69) is 9.97 Å². The topological polar surface area (TPSA) is 91.7 Å². The lowest BCUT2D eigenvalue weighted by atomic mass is 9.68. The lowest BCUT2D eigenvalue weighted by Gasteiger charge is -2.41. The average molecular weight is 746 g/mol. The fourth-order valence-electron chi connectivity index (χ4n) is 8.61. The zero-order valence-electron chi connectivity index (χ0n) is 29.9. The number of pyridine rings is 1. The Morgan fingerprint density at radius 3 is 2.15 bits per heavy atom. The normalized spacial score (nSPS) is 23.1. The van der Waals surface area contributed by atoms with Crippen molar-refractivity contribution < 1.29 is 41.0 Å². The van der Waals surface area contributed by atoms with Crippen molar-refractivity contribution in [2.24, 2.45) is 5.41 Å². The molecule has 1 N–H and O–H groups in total. The maximum atomic E-state index is 17.3. The van der Waals surface area contributed by atoms with Crippen LogP contribution in [0.25, 0.3) is 0 Å². The van der Waals surface area contributed by atoms with Crippen LogP contribution in [0.1, 0.15) is 132 Å². The van der Waals surface area contributed by atoms with Crippen LogP contribution in [0.3, 0.4) is 0 Å². The van der Waals surface area contributed by atoms with Gasteiger partial charge in [0.2, 0.25) is 11.9 Å². The molecule has 53 heavy (non-hydrogen) atoms. The Morgan fingerprint density at radius 1 is 0.925 bits per heavy atom. The van der Waals surface area contributed by atoms with Gasteiger partial charge in [-0.3, -0.25) is 9.78 Å². The van der Waals surface area contributed by atoms with Gasteiger partial charge in [0.15, 0.2) is 6.17 Å². The summed E-state index contributed by atoms with van der Waals surface area (Å²) in [4.78, 5) is 30.7. The summed E-state index contributed by atoms with van der Waals surface area (Å²) in [6.45, 7) is 6.95. The summed E-state index contributed by atoms with van der Waals surface area (Å²) in [5.74, 6) is -3.31. The predicted octanol–water partition coefficient (Wildman–Crippen LogP) is 8.10. The van der Waals surface area contributed by atoms with Crippen molar-refractivity contribution in [2.75, 3.05) is 44.3 Å². The molecule has 4 heterocycles. The Hall–Kier alpha value is -3.78. The van der Waals surface area contributed by atoms with Gasteiger partial charge in [0.1, 0.15) is 0 Å². The van der Waals surface area contributed by atoms with Gasteiger partial charge in [-0.1, -0.05) is 26.0 Å². The Balaban J connectivity index is 1.24. The maximum absolute atomic E-state index is 17.3. The standard InChI is InChI=1S/C39H45F6N5O3/c1-37(2)19-28-31(29(51)20-37)30(23-7-11-38(41,42)12-8-23)32(33(40)24-3-5-27(6-4-24)39(43,44)45)34(48-28)25-9-13-50(14-10-25)36-46-21-26(22-47-36)35(52)49-15-17-53-18-16-49/h3-6,21-23,25,29,33,51H,7-20H2,1-2H3. The number of carbonyl (C=O) groups excluding carboxylic acids is 1. The quantitative estimate of drug-likeness (QED) is 0.255. The Bertz CT molecular complexity index is 1780. The molecule has 2 saturated heterocycles. The molecular weight excluding hydrogens is 700 g/mol. The molecule has 2 aromatic heterocycles. The number of fused-ring (bicyclic) bond motifs is 1. The number of aromatic nitrogens is 3. The first-order valence-electron chi connectivity index (χ1n) is 18.5. The number of piperidine rings is 1. The fraction of sp³-hybridized carbons (Fsp3) is 0.590. The summed E-state index contributed by atoms with van der Waals surface area (Å²) in [7, 11) is 0. The van der Waals surface area contributed by atoms with Crippen molar-refractivity contribution in [3.05, 3.63) is 81.4 Å². The third-order valence-electron chi connectivity index (χ3n) is 11.4. The molecule has 3 aromatic rings. The largest absolute Gasteiger partial charge is 0.416 e. The molecule has 286 valence electrons. The Morgan fingerprint density at radius 2 is 1.55 bits per heavy atom. The van der Waals surface area contributed by atoms with Crippen molar-refractivity contribution >= 4 is 11.9 Å². The SMILES string of the molecule is CC1(C)Cc2nc(C3CCN(c4ncc(C(=O)N5CCOCC5)cn4)CC3)c(C(F)c3ccc(C(F)(F)F)cc3)c(C3CCC(F)(F)CC3)c2C(O)C1. The molecule has 0 radical (unpaired) electrons. The second-order valence-electron chi connectivity index (χ2n) is 15.8. The second-order valence-corrected chi connectivity index (χ2v) is 15.8. The monoisotopic (exact) mass is 745 g/mol. The van der Waals surface area contributed by atoms with Crippen molar-refractivity contribution in [1.82, 2.24) is 19.9 Å². The van der Waals surface area contributed by atoms with Gasteiger partial charge in [0.25, 0.3) is 5.91 Å². The van der Waals surface area contributed by atoms with E-state index in [-0.39, 0.29) is 54.1 Å². The summed E-state index contributed by atoms with van der Waals surface area (Å²) in [5.41, 5.74) is 1.44. The van der Waals surface area contributed by atoms with E-state index in [0.29, 0.717) is 99.1 Å². The Labute approximate surface area is 305 Å². The number of rotatable bonds is 6. The highest BCUT2D eigenvalue weighted by atomic mass is 19.4. The number of nitrogens with zero attached hydrogens (tertiary/aromatic N) is 5. The van der Waals surface area contributed by atoms with E-state index in [4.69, 9.17) is 9.72 Å². The first-order chi connectivity index (χ1) is 25.1. The summed E-state index contributed by atoms with van der Waals surface area (Å²) in [6, 6.07) is 3.96. The van der Waals surface area contributed by atoms with Crippen LogP contribution >= 0.6 is 0 Å². The van der Waals surface area contributed by atoms with Crippen molar-refractivity contribution in [2.45, 2.75) is 101 Å². The molecule has 2 aliphatic carbocycles. The van der Waals surface area contributed by atoms with Crippen molar-refractivity contribution in [1.29, 1.82) is 0 Å². The highest BCUT2D eigenvalue weighted by molar-refractivity contribution is 5.93. The first kappa shape index (κ1) is 37.5. The molecule has 1 aromatic carbocycles. The van der Waals surface area contributed by atoms with Crippen LogP contribution < -0.4 is 4.90 Å². The third kappa shape index (κ3) is 7.90. The number of ether oxygens (including phenoxy) is 1. The summed E-state index contributed by atoms with van der Waals surface area (Å²) in [5, 5.41) is 11.6. The molecular formula is C39H45F6N5O3. The molecule has 2 unspecified atom stereocenters. The minimum atomic E-state index is -4.60. The minimum absolute atomic E-state index is 0.00608. The number of carbonyl (C=O) groups is 1. The van der Waals surface area contributed by atoms with Crippen LogP contribution in [0, 0.1) is 5.41 Å². The molecule has 1 amide bonds. The molecule has 1 saturated carbocycles. The fourth-order valence-corrected chi connectivity index (χ4v) is 8.61. The zero-order chi connectivity index (χ0) is 37.7. The molecule has 3 fully saturated rings. The number of anilines is 1. The molecule has 2 aliphatic heterocycles. The number of morpholine rings is 1. The third-order valence-corrected chi connectivity index (χ3v) is 11.4. The van der Waals surface area contributed by atoms with E-state index in [1.165, 1.54) is 12.4 Å². The molecule has 7 rings (SSSR count). The first-order valence-corrected chi connectivity index (χ1v) is 18.5. The van der Waals surface area contributed by atoms with Crippen LogP contribution in [-0.2, 0) is 17.3 Å². The van der Waals surface area contributed by atoms with E-state index in [1.54, 1.807) is 4.90 Å². The van der Waals surface area contributed by atoms with E-state index < -0.39 is 35.9 Å². The molecule has 0 bridgehead atoms. The molecule has 14 heteroatoms. The summed E-state index contributed by atoms with van der Waals surface area (Å²) in [6.07, 6.45) is -3.13. The van der Waals surface area contributed by atoms with Crippen LogP contribution in [0.5, 0.6) is 0 Å². The predicted molar refractivity (Wildman–Crippen MR) is 185 cm³/mol. The number of hydrogen-bond donors (Lipinski definition) is 1. The van der Waals surface area contributed by atoms with E-state index in [9.17, 15) is 31.9 Å². The van der Waals surface area contributed by atoms with Crippen LogP contribution in [0.15, 0.2) is 36.7 Å². The van der Waals surface area contributed by atoms with E-state index >= 15 is 4.39 Å². The summed E-state index contributed by atoms with van der Waals surface area (Å²) >= 11 is 0. The molecule has 8 nitrogen and oxygen atoms in total. The van der Waals surface area contributed by atoms with Gasteiger partial charge in [0, 0.05) is 74.2 Å². The van der Waals surface area contributed by atoms with Crippen LogP contribution in [0.2, 0.25) is 0 Å². The number of aliphatic hydroxyl groups is 1. The molecule has 4 aliphatic rings. The van der Waals surface area contributed by atoms with Gasteiger partial charge in [-0.15, -0.1) is 0 Å². The van der Waals surface area contributed by atoms with Gasteiger partial charge in [0.05, 0.1) is 36.1 Å². The van der Waals surface area contributed by atoms with Gasteiger partial charge >= 0.3 is 6.18 Å². The Kier molecular flexibility index (Phi) is 10.2. The smallest absolute Gasteiger partial charge is 0.388 e. The number of halogens is 6. The number of benzene rings is 1. The molecule has 2 atom stereocenters. The van der Waals surface area contributed by atoms with E-state index in [1.807, 2.05) is 18.7 Å². The van der Waals surface area contributed by atoms with Gasteiger partial charge in [-0.25, -0.2) is 23.1 Å². The number of alkyl halides is 6. The second kappa shape index (κ2) is 14.5. The number of aliphatic hydroxyl groups excluding tert-OH is 1. The maximum Gasteiger partial charge on any atom is 0.416 e.